The molecule has 0 radical (unpaired) electrons. The molecule has 16 heavy (non-hydrogen) atoms. The lowest BCUT2D eigenvalue weighted by atomic mass is 10.1. The van der Waals surface area contributed by atoms with Crippen LogP contribution in [0, 0.1) is 6.92 Å². The Morgan fingerprint density at radius 2 is 2.38 bits per heavy atom. The summed E-state index contributed by atoms with van der Waals surface area (Å²) in [5.41, 5.74) is 4.35. The van der Waals surface area contributed by atoms with Crippen LogP contribution in [-0.4, -0.2) is 27.6 Å². The standard InChI is InChI=1S/C12H16N4/c1-8-7-16(2)12-11(8)14-6-10(15-12)9-3-4-13-5-9/h6-7,9,13H,3-5H2,1-2H3. The van der Waals surface area contributed by atoms with Crippen LogP contribution in [0.1, 0.15) is 23.6 Å². The summed E-state index contributed by atoms with van der Waals surface area (Å²) in [6.45, 7) is 4.20. The second-order valence-corrected chi connectivity index (χ2v) is 4.58. The van der Waals surface area contributed by atoms with Crippen LogP contribution in [-0.2, 0) is 7.05 Å². The van der Waals surface area contributed by atoms with Crippen LogP contribution < -0.4 is 5.32 Å². The van der Waals surface area contributed by atoms with Crippen molar-refractivity contribution in [2.45, 2.75) is 19.3 Å². The molecule has 0 aliphatic carbocycles. The zero-order chi connectivity index (χ0) is 11.1. The van der Waals surface area contributed by atoms with Gasteiger partial charge in [0.25, 0.3) is 0 Å². The topological polar surface area (TPSA) is 42.7 Å². The molecular formula is C12H16N4. The monoisotopic (exact) mass is 216 g/mol. The average Bonchev–Trinajstić information content (AvgIpc) is 2.88. The Labute approximate surface area is 94.7 Å². The Balaban J connectivity index is 2.11. The number of fused-ring (bicyclic) bond motifs is 1. The minimum Gasteiger partial charge on any atom is -0.334 e. The van der Waals surface area contributed by atoms with Gasteiger partial charge in [-0.05, 0) is 25.5 Å². The summed E-state index contributed by atoms with van der Waals surface area (Å²) in [5, 5.41) is 3.36. The molecule has 2 aromatic rings. The second-order valence-electron chi connectivity index (χ2n) is 4.58. The van der Waals surface area contributed by atoms with Gasteiger partial charge < -0.3 is 9.88 Å². The minimum absolute atomic E-state index is 0.534. The van der Waals surface area contributed by atoms with Gasteiger partial charge in [0, 0.05) is 31.9 Å². The Hall–Kier alpha value is -1.42. The van der Waals surface area contributed by atoms with Gasteiger partial charge in [0.05, 0.1) is 5.69 Å². The highest BCUT2D eigenvalue weighted by molar-refractivity contribution is 5.75. The first-order valence-corrected chi connectivity index (χ1v) is 5.75. The van der Waals surface area contributed by atoms with Gasteiger partial charge >= 0.3 is 0 Å². The molecule has 2 aromatic heterocycles. The molecule has 0 amide bonds. The van der Waals surface area contributed by atoms with Crippen LogP contribution in [0.25, 0.3) is 11.2 Å². The van der Waals surface area contributed by atoms with Crippen molar-refractivity contribution >= 4 is 11.2 Å². The summed E-state index contributed by atoms with van der Waals surface area (Å²) in [6, 6.07) is 0. The van der Waals surface area contributed by atoms with E-state index < -0.39 is 0 Å². The largest absolute Gasteiger partial charge is 0.334 e. The molecular weight excluding hydrogens is 200 g/mol. The van der Waals surface area contributed by atoms with Crippen LogP contribution in [0.5, 0.6) is 0 Å². The van der Waals surface area contributed by atoms with E-state index in [1.165, 1.54) is 12.0 Å². The molecule has 0 aromatic carbocycles. The summed E-state index contributed by atoms with van der Waals surface area (Å²) >= 11 is 0. The molecule has 1 fully saturated rings. The van der Waals surface area contributed by atoms with Gasteiger partial charge in [-0.3, -0.25) is 4.98 Å². The van der Waals surface area contributed by atoms with E-state index in [9.17, 15) is 0 Å². The summed E-state index contributed by atoms with van der Waals surface area (Å²) in [6.07, 6.45) is 5.19. The Kier molecular flexibility index (Phi) is 2.17. The van der Waals surface area contributed by atoms with Crippen LogP contribution in [0.2, 0.25) is 0 Å². The van der Waals surface area contributed by atoms with Gasteiger partial charge in [0.15, 0.2) is 5.65 Å². The highest BCUT2D eigenvalue weighted by Gasteiger charge is 2.19. The van der Waals surface area contributed by atoms with E-state index in [-0.39, 0.29) is 0 Å². The fraction of sp³-hybridized carbons (Fsp3) is 0.500. The van der Waals surface area contributed by atoms with E-state index in [1.807, 2.05) is 13.2 Å². The number of rotatable bonds is 1. The van der Waals surface area contributed by atoms with Crippen molar-refractivity contribution in [1.82, 2.24) is 19.9 Å². The zero-order valence-electron chi connectivity index (χ0n) is 9.70. The molecule has 0 spiro atoms. The maximum absolute atomic E-state index is 4.74. The third-order valence-corrected chi connectivity index (χ3v) is 3.35. The van der Waals surface area contributed by atoms with Crippen LogP contribution >= 0.6 is 0 Å². The predicted molar refractivity (Wildman–Crippen MR) is 63.5 cm³/mol. The normalized spacial score (nSPS) is 20.8. The van der Waals surface area contributed by atoms with E-state index in [4.69, 9.17) is 4.98 Å². The molecule has 4 heteroatoms. The number of nitrogens with zero attached hydrogens (tertiary/aromatic N) is 3. The quantitative estimate of drug-likeness (QED) is 0.782. The first-order chi connectivity index (χ1) is 7.75. The summed E-state index contributed by atoms with van der Waals surface area (Å²) in [4.78, 5) is 9.27. The Morgan fingerprint density at radius 3 is 3.12 bits per heavy atom. The maximum Gasteiger partial charge on any atom is 0.158 e. The molecule has 3 rings (SSSR count). The number of nitrogens with one attached hydrogen (secondary N) is 1. The van der Waals surface area contributed by atoms with Gasteiger partial charge in [0.1, 0.15) is 5.52 Å². The van der Waals surface area contributed by atoms with Crippen molar-refractivity contribution < 1.29 is 0 Å². The van der Waals surface area contributed by atoms with Crippen molar-refractivity contribution in [3.05, 3.63) is 23.7 Å². The molecule has 1 aliphatic rings. The summed E-state index contributed by atoms with van der Waals surface area (Å²) in [5.74, 6) is 0.534. The third-order valence-electron chi connectivity index (χ3n) is 3.35. The SMILES string of the molecule is Cc1cn(C)c2nc(C3CCNC3)cnc12. The van der Waals surface area contributed by atoms with Crippen LogP contribution in [0.15, 0.2) is 12.4 Å². The van der Waals surface area contributed by atoms with Crippen LogP contribution in [0.4, 0.5) is 0 Å². The molecule has 0 bridgehead atoms. The molecule has 1 atom stereocenters. The van der Waals surface area contributed by atoms with Gasteiger partial charge in [-0.2, -0.15) is 0 Å². The lowest BCUT2D eigenvalue weighted by molar-refractivity contribution is 0.730. The second kappa shape index (κ2) is 3.56. The Morgan fingerprint density at radius 1 is 1.50 bits per heavy atom. The highest BCUT2D eigenvalue weighted by Crippen LogP contribution is 2.23. The van der Waals surface area contributed by atoms with E-state index in [2.05, 4.69) is 28.0 Å². The van der Waals surface area contributed by atoms with Gasteiger partial charge in [-0.15, -0.1) is 0 Å². The fourth-order valence-electron chi connectivity index (χ4n) is 2.43. The average molecular weight is 216 g/mol. The lowest BCUT2D eigenvalue weighted by Crippen LogP contribution is -2.09. The minimum atomic E-state index is 0.534. The number of aryl methyl sites for hydroxylation is 2. The smallest absolute Gasteiger partial charge is 0.158 e. The Bertz CT molecular complexity index is 523. The molecule has 0 saturated carbocycles. The van der Waals surface area contributed by atoms with Crippen molar-refractivity contribution in [3.8, 4) is 0 Å². The molecule has 1 saturated heterocycles. The summed E-state index contributed by atoms with van der Waals surface area (Å²) < 4.78 is 2.06. The molecule has 1 unspecified atom stereocenters. The molecule has 4 nitrogen and oxygen atoms in total. The van der Waals surface area contributed by atoms with E-state index >= 15 is 0 Å². The van der Waals surface area contributed by atoms with Crippen molar-refractivity contribution in [2.24, 2.45) is 7.05 Å². The molecule has 84 valence electrons. The molecule has 1 N–H and O–H groups in total. The van der Waals surface area contributed by atoms with E-state index in [0.717, 1.165) is 29.9 Å². The lowest BCUT2D eigenvalue weighted by Gasteiger charge is -2.07. The zero-order valence-corrected chi connectivity index (χ0v) is 9.70. The van der Waals surface area contributed by atoms with Crippen molar-refractivity contribution in [2.75, 3.05) is 13.1 Å². The number of aromatic nitrogens is 3. The van der Waals surface area contributed by atoms with Gasteiger partial charge in [0.2, 0.25) is 0 Å². The fourth-order valence-corrected chi connectivity index (χ4v) is 2.43. The maximum atomic E-state index is 4.74. The molecule has 1 aliphatic heterocycles. The van der Waals surface area contributed by atoms with E-state index in [1.54, 1.807) is 0 Å². The van der Waals surface area contributed by atoms with Crippen molar-refractivity contribution in [3.63, 3.8) is 0 Å². The van der Waals surface area contributed by atoms with Crippen molar-refractivity contribution in [1.29, 1.82) is 0 Å². The highest BCUT2D eigenvalue weighted by atomic mass is 15.0. The molecule has 3 heterocycles. The third kappa shape index (κ3) is 1.41. The van der Waals surface area contributed by atoms with Gasteiger partial charge in [-0.25, -0.2) is 4.98 Å². The first kappa shape index (κ1) is 9.78. The predicted octanol–water partition coefficient (Wildman–Crippen LogP) is 1.35. The van der Waals surface area contributed by atoms with Crippen LogP contribution in [0.3, 0.4) is 0 Å². The van der Waals surface area contributed by atoms with E-state index in [0.29, 0.717) is 5.92 Å². The van der Waals surface area contributed by atoms with Gasteiger partial charge in [-0.1, -0.05) is 0 Å². The number of hydrogen-bond donors (Lipinski definition) is 1. The first-order valence-electron chi connectivity index (χ1n) is 5.75. The number of hydrogen-bond acceptors (Lipinski definition) is 3. The summed E-state index contributed by atoms with van der Waals surface area (Å²) in [7, 11) is 2.03.